The summed E-state index contributed by atoms with van der Waals surface area (Å²) in [4.78, 5) is 17.3. The van der Waals surface area contributed by atoms with Crippen LogP contribution in [-0.2, 0) is 11.3 Å². The lowest BCUT2D eigenvalue weighted by Crippen LogP contribution is -2.31. The molecule has 21 heavy (non-hydrogen) atoms. The first-order valence-corrected chi connectivity index (χ1v) is 8.03. The fraction of sp³-hybridized carbons (Fsp3) is 0.250. The number of nitrogens with one attached hydrogen (secondary N) is 1. The van der Waals surface area contributed by atoms with Crippen LogP contribution in [0.3, 0.4) is 0 Å². The van der Waals surface area contributed by atoms with Gasteiger partial charge in [0.2, 0.25) is 5.91 Å². The van der Waals surface area contributed by atoms with Crippen molar-refractivity contribution in [2.24, 2.45) is 0 Å². The maximum absolute atomic E-state index is 12.2. The largest absolute Gasteiger partial charge is 0.351 e. The molecule has 1 aromatic heterocycles. The average molecular weight is 321 g/mol. The van der Waals surface area contributed by atoms with Gasteiger partial charge in [0.05, 0.1) is 5.25 Å². The number of benzene rings is 1. The summed E-state index contributed by atoms with van der Waals surface area (Å²) >= 11 is 7.43. The standard InChI is InChI=1S/C16H17ClN2OS/c1-2-15(21-14-5-3-13(17)4-6-14)16(20)19-11-12-7-9-18-10-8-12/h3-10,15H,2,11H2,1H3,(H,19,20)/t15-/m1/s1. The van der Waals surface area contributed by atoms with Crippen LogP contribution in [0.25, 0.3) is 0 Å². The molecule has 1 aromatic carbocycles. The second-order valence-corrected chi connectivity index (χ2v) is 6.25. The lowest BCUT2D eigenvalue weighted by atomic mass is 10.2. The number of hydrogen-bond donors (Lipinski definition) is 1. The van der Waals surface area contributed by atoms with Gasteiger partial charge >= 0.3 is 0 Å². The van der Waals surface area contributed by atoms with Crippen molar-refractivity contribution >= 4 is 29.3 Å². The second-order valence-electron chi connectivity index (χ2n) is 4.54. The van der Waals surface area contributed by atoms with E-state index in [0.29, 0.717) is 11.6 Å². The van der Waals surface area contributed by atoms with Gasteiger partial charge in [-0.15, -0.1) is 11.8 Å². The van der Waals surface area contributed by atoms with Crippen molar-refractivity contribution in [1.82, 2.24) is 10.3 Å². The summed E-state index contributed by atoms with van der Waals surface area (Å²) in [5.41, 5.74) is 1.05. The zero-order valence-electron chi connectivity index (χ0n) is 11.8. The molecular formula is C16H17ClN2OS. The normalized spacial score (nSPS) is 11.9. The molecule has 0 saturated heterocycles. The minimum absolute atomic E-state index is 0.0502. The van der Waals surface area contributed by atoms with Crippen LogP contribution >= 0.6 is 23.4 Å². The van der Waals surface area contributed by atoms with Crippen LogP contribution in [0.5, 0.6) is 0 Å². The SMILES string of the molecule is CC[C@@H](Sc1ccc(Cl)cc1)C(=O)NCc1ccncc1. The van der Waals surface area contributed by atoms with Gasteiger partial charge < -0.3 is 5.32 Å². The molecule has 0 spiro atoms. The first kappa shape index (κ1) is 15.9. The lowest BCUT2D eigenvalue weighted by molar-refractivity contribution is -0.120. The predicted octanol–water partition coefficient (Wildman–Crippen LogP) is 3.92. The summed E-state index contributed by atoms with van der Waals surface area (Å²) in [6.07, 6.45) is 4.22. The molecule has 1 amide bonds. The number of thioether (sulfide) groups is 1. The van der Waals surface area contributed by atoms with E-state index in [-0.39, 0.29) is 11.2 Å². The minimum Gasteiger partial charge on any atom is -0.351 e. The summed E-state index contributed by atoms with van der Waals surface area (Å²) in [6, 6.07) is 11.3. The summed E-state index contributed by atoms with van der Waals surface area (Å²) in [7, 11) is 0. The van der Waals surface area contributed by atoms with Crippen LogP contribution in [0.15, 0.2) is 53.7 Å². The molecule has 0 aliphatic rings. The molecule has 2 rings (SSSR count). The van der Waals surface area contributed by atoms with Gasteiger partial charge in [0, 0.05) is 28.9 Å². The number of hydrogen-bond acceptors (Lipinski definition) is 3. The highest BCUT2D eigenvalue weighted by Crippen LogP contribution is 2.26. The Labute approximate surface area is 134 Å². The van der Waals surface area contributed by atoms with Crippen molar-refractivity contribution in [2.45, 2.75) is 30.0 Å². The maximum Gasteiger partial charge on any atom is 0.233 e. The molecule has 1 heterocycles. The first-order valence-electron chi connectivity index (χ1n) is 6.78. The molecule has 2 aromatic rings. The van der Waals surface area contributed by atoms with Crippen LogP contribution in [-0.4, -0.2) is 16.1 Å². The molecule has 0 saturated carbocycles. The highest BCUT2D eigenvalue weighted by atomic mass is 35.5. The number of rotatable bonds is 6. The maximum atomic E-state index is 12.2. The number of carbonyl (C=O) groups excluding carboxylic acids is 1. The molecule has 0 aliphatic carbocycles. The Morgan fingerprint density at radius 3 is 2.52 bits per heavy atom. The number of aromatic nitrogens is 1. The zero-order valence-corrected chi connectivity index (χ0v) is 13.3. The van der Waals surface area contributed by atoms with Gasteiger partial charge in [0.1, 0.15) is 0 Å². The minimum atomic E-state index is -0.104. The van der Waals surface area contributed by atoms with Gasteiger partial charge in [0.25, 0.3) is 0 Å². The smallest absolute Gasteiger partial charge is 0.233 e. The van der Waals surface area contributed by atoms with Crippen LogP contribution in [0.2, 0.25) is 5.02 Å². The molecule has 1 N–H and O–H groups in total. The summed E-state index contributed by atoms with van der Waals surface area (Å²) < 4.78 is 0. The first-order chi connectivity index (χ1) is 10.2. The molecule has 0 aliphatic heterocycles. The van der Waals surface area contributed by atoms with Crippen molar-refractivity contribution in [3.8, 4) is 0 Å². The fourth-order valence-electron chi connectivity index (χ4n) is 1.80. The van der Waals surface area contributed by atoms with E-state index in [1.165, 1.54) is 0 Å². The Hall–Kier alpha value is -1.52. The van der Waals surface area contributed by atoms with Gasteiger partial charge in [-0.25, -0.2) is 0 Å². The van der Waals surface area contributed by atoms with Gasteiger partial charge in [-0.2, -0.15) is 0 Å². The molecule has 0 radical (unpaired) electrons. The van der Waals surface area contributed by atoms with Crippen molar-refractivity contribution in [3.05, 3.63) is 59.4 Å². The Morgan fingerprint density at radius 1 is 1.24 bits per heavy atom. The van der Waals surface area contributed by atoms with Crippen LogP contribution in [0, 0.1) is 0 Å². The molecular weight excluding hydrogens is 304 g/mol. The highest BCUT2D eigenvalue weighted by molar-refractivity contribution is 8.00. The summed E-state index contributed by atoms with van der Waals surface area (Å²) in [6.45, 7) is 2.54. The van der Waals surface area contributed by atoms with E-state index >= 15 is 0 Å². The van der Waals surface area contributed by atoms with E-state index in [1.807, 2.05) is 43.3 Å². The van der Waals surface area contributed by atoms with E-state index < -0.39 is 0 Å². The van der Waals surface area contributed by atoms with Crippen molar-refractivity contribution in [3.63, 3.8) is 0 Å². The number of carbonyl (C=O) groups is 1. The van der Waals surface area contributed by atoms with Crippen molar-refractivity contribution < 1.29 is 4.79 Å². The highest BCUT2D eigenvalue weighted by Gasteiger charge is 2.17. The Bertz CT molecular complexity index is 575. The van der Waals surface area contributed by atoms with Gasteiger partial charge in [-0.1, -0.05) is 18.5 Å². The third kappa shape index (κ3) is 5.06. The van der Waals surface area contributed by atoms with E-state index in [0.717, 1.165) is 16.9 Å². The molecule has 0 fully saturated rings. The van der Waals surface area contributed by atoms with E-state index in [2.05, 4.69) is 10.3 Å². The Morgan fingerprint density at radius 2 is 1.90 bits per heavy atom. The molecule has 110 valence electrons. The number of amides is 1. The monoisotopic (exact) mass is 320 g/mol. The third-order valence-electron chi connectivity index (χ3n) is 2.97. The summed E-state index contributed by atoms with van der Waals surface area (Å²) in [5.74, 6) is 0.0502. The number of nitrogens with zero attached hydrogens (tertiary/aromatic N) is 1. The van der Waals surface area contributed by atoms with Gasteiger partial charge in [-0.3, -0.25) is 9.78 Å². The Balaban J connectivity index is 1.90. The van der Waals surface area contributed by atoms with Crippen LogP contribution in [0.4, 0.5) is 0 Å². The molecule has 1 atom stereocenters. The molecule has 0 bridgehead atoms. The van der Waals surface area contributed by atoms with Crippen molar-refractivity contribution in [1.29, 1.82) is 0 Å². The Kier molecular flexibility index (Phi) is 6.08. The zero-order chi connectivity index (χ0) is 15.1. The predicted molar refractivity (Wildman–Crippen MR) is 87.5 cm³/mol. The second kappa shape index (κ2) is 8.05. The third-order valence-corrected chi connectivity index (χ3v) is 4.60. The molecule has 5 heteroatoms. The molecule has 3 nitrogen and oxygen atoms in total. The number of halogens is 1. The van der Waals surface area contributed by atoms with E-state index in [9.17, 15) is 4.79 Å². The van der Waals surface area contributed by atoms with Crippen molar-refractivity contribution in [2.75, 3.05) is 0 Å². The van der Waals surface area contributed by atoms with Crippen LogP contribution < -0.4 is 5.32 Å². The average Bonchev–Trinajstić information content (AvgIpc) is 2.53. The number of pyridine rings is 1. The van der Waals surface area contributed by atoms with Gasteiger partial charge in [0.15, 0.2) is 0 Å². The molecule has 0 unspecified atom stereocenters. The quantitative estimate of drug-likeness (QED) is 0.820. The van der Waals surface area contributed by atoms with E-state index in [4.69, 9.17) is 11.6 Å². The topological polar surface area (TPSA) is 42.0 Å². The van der Waals surface area contributed by atoms with E-state index in [1.54, 1.807) is 24.2 Å². The lowest BCUT2D eigenvalue weighted by Gasteiger charge is -2.14. The fourth-order valence-corrected chi connectivity index (χ4v) is 2.91. The van der Waals surface area contributed by atoms with Gasteiger partial charge in [-0.05, 0) is 48.4 Å². The van der Waals surface area contributed by atoms with Crippen LogP contribution in [0.1, 0.15) is 18.9 Å². The summed E-state index contributed by atoms with van der Waals surface area (Å²) in [5, 5.41) is 3.57.